The molecule has 0 bridgehead atoms. The van der Waals surface area contributed by atoms with Crippen LogP contribution in [-0.4, -0.2) is 7.32 Å². The van der Waals surface area contributed by atoms with Crippen molar-refractivity contribution in [3.63, 3.8) is 0 Å². The van der Waals surface area contributed by atoms with E-state index in [9.17, 15) is 39.5 Å². The summed E-state index contributed by atoms with van der Waals surface area (Å²) >= 11 is 0. The number of rotatable bonds is 6. The van der Waals surface area contributed by atoms with Gasteiger partial charge >= 0.3 is 7.32 Å². The number of hydrogen-bond donors (Lipinski definition) is 0. The van der Waals surface area contributed by atoms with Crippen molar-refractivity contribution in [1.82, 2.24) is 0 Å². The fourth-order valence-corrected chi connectivity index (χ4v) is 3.02. The molecule has 0 amide bonds. The van der Waals surface area contributed by atoms with Crippen LogP contribution in [0, 0.1) is 52.4 Å². The van der Waals surface area contributed by atoms with Crippen LogP contribution in [0.3, 0.4) is 0 Å². The van der Waals surface area contributed by atoms with E-state index in [4.69, 9.17) is 14.0 Å². The van der Waals surface area contributed by atoms with Crippen LogP contribution in [0.1, 0.15) is 0 Å². The molecule has 13 heteroatoms. The summed E-state index contributed by atoms with van der Waals surface area (Å²) in [6.07, 6.45) is 0. The zero-order valence-corrected chi connectivity index (χ0v) is 16.8. The molecule has 180 valence electrons. The second-order valence-electron chi connectivity index (χ2n) is 6.84. The van der Waals surface area contributed by atoms with E-state index in [2.05, 4.69) is 0 Å². The van der Waals surface area contributed by atoms with Gasteiger partial charge in [0.1, 0.15) is 34.7 Å². The Morgan fingerprint density at radius 2 is 0.914 bits per heavy atom. The van der Waals surface area contributed by atoms with Gasteiger partial charge in [0.15, 0.2) is 23.3 Å². The average molecular weight is 502 g/mol. The van der Waals surface area contributed by atoms with Crippen molar-refractivity contribution in [3.8, 4) is 17.2 Å². The van der Waals surface area contributed by atoms with Crippen LogP contribution in [-0.2, 0) is 0 Å². The Labute approximate surface area is 190 Å². The van der Waals surface area contributed by atoms with E-state index in [1.54, 1.807) is 0 Å². The highest BCUT2D eigenvalue weighted by Crippen LogP contribution is 2.33. The van der Waals surface area contributed by atoms with Gasteiger partial charge in [0.05, 0.1) is 5.39 Å². The van der Waals surface area contributed by atoms with Crippen LogP contribution in [0.4, 0.5) is 39.5 Å². The summed E-state index contributed by atoms with van der Waals surface area (Å²) in [6, 6.07) is 4.69. The predicted octanol–water partition coefficient (Wildman–Crippen LogP) is 6.61. The largest absolute Gasteiger partial charge is 0.864 e. The van der Waals surface area contributed by atoms with Gasteiger partial charge in [0, 0.05) is 11.5 Å². The molecule has 0 aliphatic heterocycles. The lowest BCUT2D eigenvalue weighted by molar-refractivity contribution is 0.287. The van der Waals surface area contributed by atoms with Crippen LogP contribution < -0.4 is 14.0 Å². The first-order valence-corrected chi connectivity index (χ1v) is 9.41. The fraction of sp³-hybridized carbons (Fsp3) is 0. The van der Waals surface area contributed by atoms with E-state index in [-0.39, 0.29) is 0 Å². The summed E-state index contributed by atoms with van der Waals surface area (Å²) in [4.78, 5) is 0. The van der Waals surface area contributed by atoms with Crippen LogP contribution >= 0.6 is 0 Å². The highest BCUT2D eigenvalue weighted by atomic mass is 19.2. The van der Waals surface area contributed by atoms with E-state index in [1.165, 1.54) is 0 Å². The summed E-state index contributed by atoms with van der Waals surface area (Å²) in [5, 5.41) is -1.25. The molecule has 0 aliphatic rings. The third-order valence-electron chi connectivity index (χ3n) is 4.61. The highest BCUT2D eigenvalue weighted by molar-refractivity contribution is 6.39. The molecule has 0 aliphatic carbocycles. The summed E-state index contributed by atoms with van der Waals surface area (Å²) in [5.74, 6) is -17.1. The maximum absolute atomic E-state index is 14.1. The minimum Gasteiger partial charge on any atom is -0.489 e. The molecule has 4 aromatic carbocycles. The monoisotopic (exact) mass is 502 g/mol. The van der Waals surface area contributed by atoms with Gasteiger partial charge in [0.2, 0.25) is 11.6 Å². The SMILES string of the molecule is Fc1cc(F)c2c(F)ccc(OB(Oc3ccc(F)c(F)c3F)Oc3ccc(F)c(F)c3F)c2c1. The standard InChI is InChI=1S/C22H8BF9O3/c24-9-7-10-15(4-1-11(25)18(10)14(28)8-9)33-23(34-16-5-2-12(26)19(29)21(16)31)35-17-6-3-13(27)20(30)22(17)32/h1-8H. The van der Waals surface area contributed by atoms with Gasteiger partial charge in [0.25, 0.3) is 0 Å². The summed E-state index contributed by atoms with van der Waals surface area (Å²) < 4.78 is 139. The first kappa shape index (κ1) is 24.1. The smallest absolute Gasteiger partial charge is 0.489 e. The topological polar surface area (TPSA) is 27.7 Å². The molecule has 0 unspecified atom stereocenters. The zero-order chi connectivity index (χ0) is 25.4. The second-order valence-corrected chi connectivity index (χ2v) is 6.84. The van der Waals surface area contributed by atoms with E-state index in [0.29, 0.717) is 42.5 Å². The Balaban J connectivity index is 1.79. The van der Waals surface area contributed by atoms with Crippen LogP contribution in [0.5, 0.6) is 17.2 Å². The zero-order valence-electron chi connectivity index (χ0n) is 16.8. The quantitative estimate of drug-likeness (QED) is 0.169. The Hall–Kier alpha value is -4.03. The molecule has 0 atom stereocenters. The van der Waals surface area contributed by atoms with Crippen molar-refractivity contribution in [2.45, 2.75) is 0 Å². The van der Waals surface area contributed by atoms with Crippen molar-refractivity contribution >= 4 is 18.1 Å². The Morgan fingerprint density at radius 3 is 1.46 bits per heavy atom. The molecular formula is C22H8BF9O3. The van der Waals surface area contributed by atoms with Crippen LogP contribution in [0.25, 0.3) is 10.8 Å². The second kappa shape index (κ2) is 9.32. The Morgan fingerprint density at radius 1 is 0.457 bits per heavy atom. The van der Waals surface area contributed by atoms with Gasteiger partial charge < -0.3 is 14.0 Å². The molecule has 0 N–H and O–H groups in total. The van der Waals surface area contributed by atoms with Gasteiger partial charge in [-0.1, -0.05) is 0 Å². The summed E-state index contributed by atoms with van der Waals surface area (Å²) in [7, 11) is -2.38. The Kier molecular flexibility index (Phi) is 6.42. The molecular weight excluding hydrogens is 494 g/mol. The molecule has 0 fully saturated rings. The van der Waals surface area contributed by atoms with Crippen molar-refractivity contribution in [3.05, 3.63) is 101 Å². The van der Waals surface area contributed by atoms with Crippen molar-refractivity contribution in [1.29, 1.82) is 0 Å². The molecule has 3 nitrogen and oxygen atoms in total. The van der Waals surface area contributed by atoms with Crippen LogP contribution in [0.15, 0.2) is 48.5 Å². The van der Waals surface area contributed by atoms with E-state index >= 15 is 0 Å². The van der Waals surface area contributed by atoms with E-state index < -0.39 is 87.7 Å². The maximum Gasteiger partial charge on any atom is 0.864 e. The fourth-order valence-electron chi connectivity index (χ4n) is 3.02. The van der Waals surface area contributed by atoms with Crippen molar-refractivity contribution in [2.24, 2.45) is 0 Å². The number of halogens is 9. The van der Waals surface area contributed by atoms with Gasteiger partial charge in [-0.05, 0) is 42.5 Å². The third-order valence-corrected chi connectivity index (χ3v) is 4.61. The molecule has 35 heavy (non-hydrogen) atoms. The molecule has 0 aromatic heterocycles. The number of hydrogen-bond acceptors (Lipinski definition) is 3. The van der Waals surface area contributed by atoms with Gasteiger partial charge in [-0.25, -0.2) is 30.7 Å². The van der Waals surface area contributed by atoms with Gasteiger partial charge in [-0.15, -0.1) is 0 Å². The molecule has 0 saturated carbocycles. The van der Waals surface area contributed by atoms with Crippen molar-refractivity contribution < 1.29 is 53.5 Å². The minimum atomic E-state index is -2.38. The lowest BCUT2D eigenvalue weighted by atomic mass is 10.1. The predicted molar refractivity (Wildman–Crippen MR) is 104 cm³/mol. The summed E-state index contributed by atoms with van der Waals surface area (Å²) in [6.45, 7) is 0. The number of benzene rings is 4. The molecule has 0 radical (unpaired) electrons. The van der Waals surface area contributed by atoms with Crippen LogP contribution in [0.2, 0.25) is 0 Å². The van der Waals surface area contributed by atoms with Gasteiger partial charge in [-0.3, -0.25) is 0 Å². The third kappa shape index (κ3) is 4.66. The first-order chi connectivity index (χ1) is 16.6. The molecule has 4 aromatic rings. The maximum atomic E-state index is 14.1. The Bertz CT molecular complexity index is 1390. The summed E-state index contributed by atoms with van der Waals surface area (Å²) in [5.41, 5.74) is 0. The first-order valence-electron chi connectivity index (χ1n) is 9.41. The highest BCUT2D eigenvalue weighted by Gasteiger charge is 2.35. The average Bonchev–Trinajstić information content (AvgIpc) is 2.81. The number of fused-ring (bicyclic) bond motifs is 1. The van der Waals surface area contributed by atoms with Crippen molar-refractivity contribution in [2.75, 3.05) is 0 Å². The van der Waals surface area contributed by atoms with E-state index in [1.807, 2.05) is 0 Å². The lowest BCUT2D eigenvalue weighted by Crippen LogP contribution is -2.37. The molecule has 4 rings (SSSR count). The normalized spacial score (nSPS) is 11.0. The minimum absolute atomic E-state index is 0.382. The molecule has 0 heterocycles. The van der Waals surface area contributed by atoms with Gasteiger partial charge in [-0.2, -0.15) is 8.78 Å². The molecule has 0 saturated heterocycles. The molecule has 0 spiro atoms. The van der Waals surface area contributed by atoms with E-state index in [0.717, 1.165) is 6.07 Å². The lowest BCUT2D eigenvalue weighted by Gasteiger charge is -2.18.